The molecule has 7 nitrogen and oxygen atoms in total. The number of nitrogens with one attached hydrogen (secondary N) is 1. The summed E-state index contributed by atoms with van der Waals surface area (Å²) in [6, 6.07) is 3.04. The molecule has 0 unspecified atom stereocenters. The Morgan fingerprint density at radius 3 is 2.42 bits per heavy atom. The smallest absolute Gasteiger partial charge is 0.411 e. The van der Waals surface area contributed by atoms with Gasteiger partial charge in [0.05, 0.1) is 0 Å². The van der Waals surface area contributed by atoms with E-state index in [1.54, 1.807) is 4.90 Å². The molecule has 0 aromatic carbocycles. The number of hydrogen-bond acceptors (Lipinski definition) is 5. The van der Waals surface area contributed by atoms with Gasteiger partial charge in [-0.15, -0.1) is 0 Å². The molecule has 2 amide bonds. The quantitative estimate of drug-likeness (QED) is 0.373. The SMILES string of the molecule is Cc1ccc(Br)nc1NC(=O)[C@@H]1C[C@@]2(CO[Si](C)(C)C(C)(C)C)C[C@H]2N1C(=O)OC(C)(C)C. The van der Waals surface area contributed by atoms with E-state index in [0.717, 1.165) is 12.0 Å². The Labute approximate surface area is 207 Å². The van der Waals surface area contributed by atoms with Gasteiger partial charge < -0.3 is 14.5 Å². The Balaban J connectivity index is 1.82. The third-order valence-corrected chi connectivity index (χ3v) is 12.1. The molecular formula is C24H38BrN3O4Si. The number of aromatic nitrogens is 1. The van der Waals surface area contributed by atoms with Gasteiger partial charge in [-0.2, -0.15) is 0 Å². The van der Waals surface area contributed by atoms with Gasteiger partial charge in [0.2, 0.25) is 5.91 Å². The second-order valence-corrected chi connectivity index (χ2v) is 17.6. The second kappa shape index (κ2) is 8.64. The van der Waals surface area contributed by atoms with Crippen molar-refractivity contribution in [1.82, 2.24) is 9.88 Å². The van der Waals surface area contributed by atoms with Crippen LogP contribution in [0.5, 0.6) is 0 Å². The first kappa shape index (κ1) is 26.2. The topological polar surface area (TPSA) is 80.8 Å². The third kappa shape index (κ3) is 5.62. The molecular weight excluding hydrogens is 502 g/mol. The van der Waals surface area contributed by atoms with Crippen molar-refractivity contribution in [2.75, 3.05) is 11.9 Å². The minimum Gasteiger partial charge on any atom is -0.444 e. The first-order valence-corrected chi connectivity index (χ1v) is 15.3. The van der Waals surface area contributed by atoms with Crippen LogP contribution in [-0.2, 0) is 14.0 Å². The van der Waals surface area contributed by atoms with Crippen molar-refractivity contribution in [3.8, 4) is 0 Å². The molecule has 3 rings (SSSR count). The molecule has 1 N–H and O–H groups in total. The first-order valence-electron chi connectivity index (χ1n) is 11.6. The Kier molecular flexibility index (Phi) is 6.85. The predicted octanol–water partition coefficient (Wildman–Crippen LogP) is 5.88. The summed E-state index contributed by atoms with van der Waals surface area (Å²) in [7, 11) is -1.95. The van der Waals surface area contributed by atoms with Crippen LogP contribution in [0.25, 0.3) is 0 Å². The van der Waals surface area contributed by atoms with Gasteiger partial charge >= 0.3 is 6.09 Å². The number of anilines is 1. The number of halogens is 1. The molecule has 1 saturated heterocycles. The Hall–Kier alpha value is -1.45. The van der Waals surface area contributed by atoms with Crippen molar-refractivity contribution < 1.29 is 18.8 Å². The molecule has 1 aromatic heterocycles. The summed E-state index contributed by atoms with van der Waals surface area (Å²) in [5, 5.41) is 3.03. The van der Waals surface area contributed by atoms with Crippen molar-refractivity contribution in [2.45, 2.75) is 97.1 Å². The van der Waals surface area contributed by atoms with Gasteiger partial charge in [-0.3, -0.25) is 9.69 Å². The van der Waals surface area contributed by atoms with Crippen molar-refractivity contribution in [2.24, 2.45) is 5.41 Å². The van der Waals surface area contributed by atoms with Crippen LogP contribution < -0.4 is 5.32 Å². The van der Waals surface area contributed by atoms with E-state index >= 15 is 0 Å². The predicted molar refractivity (Wildman–Crippen MR) is 136 cm³/mol. The number of ether oxygens (including phenoxy) is 1. The minimum atomic E-state index is -1.95. The zero-order chi connectivity index (χ0) is 25.0. The lowest BCUT2D eigenvalue weighted by molar-refractivity contribution is -0.121. The summed E-state index contributed by atoms with van der Waals surface area (Å²) in [6.07, 6.45) is 0.946. The molecule has 2 aliphatic rings. The largest absolute Gasteiger partial charge is 0.444 e. The van der Waals surface area contributed by atoms with Gasteiger partial charge in [-0.05, 0) is 86.2 Å². The normalized spacial score (nSPS) is 25.0. The van der Waals surface area contributed by atoms with Crippen LogP contribution in [0.4, 0.5) is 10.6 Å². The summed E-state index contributed by atoms with van der Waals surface area (Å²) in [4.78, 5) is 32.6. The summed E-state index contributed by atoms with van der Waals surface area (Å²) < 4.78 is 12.9. The molecule has 0 spiro atoms. The van der Waals surface area contributed by atoms with Crippen LogP contribution >= 0.6 is 15.9 Å². The monoisotopic (exact) mass is 539 g/mol. The zero-order valence-electron chi connectivity index (χ0n) is 21.3. The molecule has 0 bridgehead atoms. The van der Waals surface area contributed by atoms with Gasteiger partial charge in [-0.1, -0.05) is 26.8 Å². The number of piperidine rings is 1. The van der Waals surface area contributed by atoms with E-state index in [9.17, 15) is 9.59 Å². The molecule has 33 heavy (non-hydrogen) atoms. The summed E-state index contributed by atoms with van der Waals surface area (Å²) in [5.74, 6) is 0.249. The number of likely N-dealkylation sites (tertiary alicyclic amines) is 1. The summed E-state index contributed by atoms with van der Waals surface area (Å²) in [5.41, 5.74) is 0.0152. The number of rotatable bonds is 5. The van der Waals surface area contributed by atoms with E-state index in [1.165, 1.54) is 0 Å². The van der Waals surface area contributed by atoms with E-state index in [1.807, 2.05) is 39.8 Å². The average Bonchev–Trinajstić information content (AvgIpc) is 3.25. The number of carbonyl (C=O) groups excluding carboxylic acids is 2. The van der Waals surface area contributed by atoms with Gasteiger partial charge in [-0.25, -0.2) is 9.78 Å². The Bertz CT molecular complexity index is 941. The number of aryl methyl sites for hydroxylation is 1. The number of carbonyl (C=O) groups is 2. The second-order valence-electron chi connectivity index (χ2n) is 12.0. The number of nitrogens with zero attached hydrogens (tertiary/aromatic N) is 2. The van der Waals surface area contributed by atoms with E-state index in [2.05, 4.69) is 60.1 Å². The molecule has 1 saturated carbocycles. The molecule has 0 radical (unpaired) electrons. The van der Waals surface area contributed by atoms with Crippen LogP contribution in [0, 0.1) is 12.3 Å². The lowest BCUT2D eigenvalue weighted by Gasteiger charge is -2.37. The fourth-order valence-electron chi connectivity index (χ4n) is 4.01. The maximum Gasteiger partial charge on any atom is 0.411 e. The molecule has 184 valence electrons. The minimum absolute atomic E-state index is 0.0515. The van der Waals surface area contributed by atoms with Gasteiger partial charge in [0.15, 0.2) is 8.32 Å². The van der Waals surface area contributed by atoms with Crippen molar-refractivity contribution in [1.29, 1.82) is 0 Å². The van der Waals surface area contributed by atoms with Gasteiger partial charge in [0.1, 0.15) is 22.1 Å². The van der Waals surface area contributed by atoms with Gasteiger partial charge in [0, 0.05) is 18.1 Å². The van der Waals surface area contributed by atoms with Crippen LogP contribution in [-0.4, -0.2) is 54.5 Å². The zero-order valence-corrected chi connectivity index (χ0v) is 23.9. The fourth-order valence-corrected chi connectivity index (χ4v) is 5.40. The number of hydrogen-bond donors (Lipinski definition) is 1. The molecule has 1 aromatic rings. The van der Waals surface area contributed by atoms with E-state index in [4.69, 9.17) is 9.16 Å². The van der Waals surface area contributed by atoms with Crippen LogP contribution in [0.2, 0.25) is 18.1 Å². The lowest BCUT2D eigenvalue weighted by Crippen LogP contribution is -2.47. The third-order valence-electron chi connectivity index (χ3n) is 7.16. The highest BCUT2D eigenvalue weighted by Gasteiger charge is 2.68. The number of fused-ring (bicyclic) bond motifs is 1. The van der Waals surface area contributed by atoms with Crippen molar-refractivity contribution >= 4 is 42.1 Å². The van der Waals surface area contributed by atoms with Crippen LogP contribution in [0.15, 0.2) is 16.7 Å². The van der Waals surface area contributed by atoms with E-state index < -0.39 is 26.1 Å². The maximum atomic E-state index is 13.4. The Morgan fingerprint density at radius 2 is 1.85 bits per heavy atom. The highest BCUT2D eigenvalue weighted by Crippen LogP contribution is 2.60. The average molecular weight is 541 g/mol. The van der Waals surface area contributed by atoms with E-state index in [-0.39, 0.29) is 22.4 Å². The number of amides is 2. The summed E-state index contributed by atoms with van der Waals surface area (Å²) >= 11 is 3.36. The highest BCUT2D eigenvalue weighted by atomic mass is 79.9. The molecule has 1 aliphatic heterocycles. The Morgan fingerprint density at radius 1 is 1.21 bits per heavy atom. The molecule has 9 heteroatoms. The first-order chi connectivity index (χ1) is 15.0. The molecule has 2 heterocycles. The number of pyridine rings is 1. The highest BCUT2D eigenvalue weighted by molar-refractivity contribution is 9.10. The standard InChI is InChI=1S/C24H38BrN3O4Si/c1-15-10-11-18(25)26-19(15)27-20(29)16-12-24(14-31-33(8,9)23(5,6)7)13-17(24)28(16)21(30)32-22(2,3)4/h10-11,16-17H,12-14H2,1-9H3,(H,26,27,29)/t16-,17+,24-/m0/s1. The van der Waals surface area contributed by atoms with Crippen molar-refractivity contribution in [3.63, 3.8) is 0 Å². The molecule has 1 aliphatic carbocycles. The molecule has 2 fully saturated rings. The summed E-state index contributed by atoms with van der Waals surface area (Å²) in [6.45, 7) is 19.1. The fraction of sp³-hybridized carbons (Fsp3) is 0.708. The lowest BCUT2D eigenvalue weighted by atomic mass is 10.0. The van der Waals surface area contributed by atoms with Crippen LogP contribution in [0.3, 0.4) is 0 Å². The maximum absolute atomic E-state index is 13.4. The molecule has 3 atom stereocenters. The van der Waals surface area contributed by atoms with Gasteiger partial charge in [0.25, 0.3) is 0 Å². The van der Waals surface area contributed by atoms with E-state index in [0.29, 0.717) is 23.4 Å². The van der Waals surface area contributed by atoms with Crippen molar-refractivity contribution in [3.05, 3.63) is 22.3 Å². The van der Waals surface area contributed by atoms with Crippen LogP contribution in [0.1, 0.15) is 59.9 Å².